The first-order valence-electron chi connectivity index (χ1n) is 5.24. The third-order valence-electron chi connectivity index (χ3n) is 2.50. The predicted molar refractivity (Wildman–Crippen MR) is 64.4 cm³/mol. The minimum Gasteiger partial charge on any atom is -0.468 e. The molecule has 1 unspecified atom stereocenters. The van der Waals surface area contributed by atoms with E-state index in [4.69, 9.17) is 11.6 Å². The van der Waals surface area contributed by atoms with E-state index in [1.54, 1.807) is 19.1 Å². The van der Waals surface area contributed by atoms with E-state index in [0.717, 1.165) is 5.56 Å². The van der Waals surface area contributed by atoms with Gasteiger partial charge in [-0.2, -0.15) is 0 Å². The highest BCUT2D eigenvalue weighted by atomic mass is 35.5. The summed E-state index contributed by atoms with van der Waals surface area (Å²) in [6, 6.07) is 3.92. The lowest BCUT2D eigenvalue weighted by atomic mass is 10.1. The van der Waals surface area contributed by atoms with E-state index in [2.05, 4.69) is 10.1 Å². The Bertz CT molecular complexity index is 411. The van der Waals surface area contributed by atoms with Crippen molar-refractivity contribution < 1.29 is 13.9 Å². The van der Waals surface area contributed by atoms with E-state index >= 15 is 0 Å². The molecule has 1 N–H and O–H groups in total. The highest BCUT2D eigenvalue weighted by Gasteiger charge is 2.17. The SMILES string of the molecule is COC(=O)[C@H](C)NC(C)c1ccc(F)c(Cl)c1. The standard InChI is InChI=1S/C12H15ClFNO2/c1-7(15-8(2)12(16)17-3)9-4-5-11(14)10(13)6-9/h4-8,15H,1-3H3/t7?,8-/m0/s1. The Labute approximate surface area is 105 Å². The fraction of sp³-hybridized carbons (Fsp3) is 0.417. The third kappa shape index (κ3) is 3.68. The number of carbonyl (C=O) groups is 1. The summed E-state index contributed by atoms with van der Waals surface area (Å²) in [6.07, 6.45) is 0. The molecule has 5 heteroatoms. The summed E-state index contributed by atoms with van der Waals surface area (Å²) in [5.74, 6) is -0.798. The number of methoxy groups -OCH3 is 1. The minimum absolute atomic E-state index is 0.0712. The van der Waals surface area contributed by atoms with Gasteiger partial charge in [-0.25, -0.2) is 4.39 Å². The Kier molecular flexibility index (Phi) is 4.90. The number of benzene rings is 1. The van der Waals surface area contributed by atoms with E-state index in [0.29, 0.717) is 0 Å². The van der Waals surface area contributed by atoms with E-state index in [1.165, 1.54) is 13.2 Å². The van der Waals surface area contributed by atoms with Crippen molar-refractivity contribution in [1.82, 2.24) is 5.32 Å². The van der Waals surface area contributed by atoms with E-state index in [-0.39, 0.29) is 17.0 Å². The van der Waals surface area contributed by atoms with Crippen molar-refractivity contribution in [3.8, 4) is 0 Å². The number of rotatable bonds is 4. The molecule has 0 bridgehead atoms. The first-order valence-corrected chi connectivity index (χ1v) is 5.62. The monoisotopic (exact) mass is 259 g/mol. The quantitative estimate of drug-likeness (QED) is 0.845. The molecule has 0 radical (unpaired) electrons. The average molecular weight is 260 g/mol. The molecule has 0 fully saturated rings. The van der Waals surface area contributed by atoms with Crippen molar-refractivity contribution >= 4 is 17.6 Å². The maximum Gasteiger partial charge on any atom is 0.322 e. The lowest BCUT2D eigenvalue weighted by Gasteiger charge is -2.18. The smallest absolute Gasteiger partial charge is 0.322 e. The van der Waals surface area contributed by atoms with Gasteiger partial charge in [-0.15, -0.1) is 0 Å². The van der Waals surface area contributed by atoms with E-state index in [1.807, 2.05) is 6.92 Å². The summed E-state index contributed by atoms with van der Waals surface area (Å²) in [6.45, 7) is 3.57. The Morgan fingerprint density at radius 2 is 2.12 bits per heavy atom. The van der Waals surface area contributed by atoms with Gasteiger partial charge in [0.1, 0.15) is 11.9 Å². The van der Waals surface area contributed by atoms with Gasteiger partial charge in [0, 0.05) is 6.04 Å². The maximum atomic E-state index is 13.0. The van der Waals surface area contributed by atoms with Crippen LogP contribution in [0.4, 0.5) is 4.39 Å². The fourth-order valence-corrected chi connectivity index (χ4v) is 1.69. The van der Waals surface area contributed by atoms with Crippen molar-refractivity contribution in [2.75, 3.05) is 7.11 Å². The number of nitrogens with one attached hydrogen (secondary N) is 1. The average Bonchev–Trinajstić information content (AvgIpc) is 2.31. The van der Waals surface area contributed by atoms with Gasteiger partial charge in [0.05, 0.1) is 12.1 Å². The molecular formula is C12H15ClFNO2. The van der Waals surface area contributed by atoms with Crippen LogP contribution in [0.25, 0.3) is 0 Å². The molecular weight excluding hydrogens is 245 g/mol. The Hall–Kier alpha value is -1.13. The van der Waals surface area contributed by atoms with Crippen LogP contribution in [0.1, 0.15) is 25.5 Å². The van der Waals surface area contributed by atoms with Crippen molar-refractivity contribution in [1.29, 1.82) is 0 Å². The first-order chi connectivity index (χ1) is 7.95. The summed E-state index contributed by atoms with van der Waals surface area (Å²) >= 11 is 5.69. The molecule has 1 aromatic carbocycles. The molecule has 0 amide bonds. The molecule has 1 aromatic rings. The van der Waals surface area contributed by atoms with E-state index < -0.39 is 11.9 Å². The van der Waals surface area contributed by atoms with Crippen LogP contribution in [0.15, 0.2) is 18.2 Å². The maximum absolute atomic E-state index is 13.0. The highest BCUT2D eigenvalue weighted by Crippen LogP contribution is 2.20. The molecule has 0 saturated heterocycles. The van der Waals surface area contributed by atoms with Crippen LogP contribution in [0.5, 0.6) is 0 Å². The zero-order valence-corrected chi connectivity index (χ0v) is 10.7. The Morgan fingerprint density at radius 3 is 2.65 bits per heavy atom. The van der Waals surface area contributed by atoms with Crippen LogP contribution in [-0.4, -0.2) is 19.1 Å². The molecule has 0 aliphatic carbocycles. The van der Waals surface area contributed by atoms with Crippen molar-refractivity contribution in [2.24, 2.45) is 0 Å². The van der Waals surface area contributed by atoms with E-state index in [9.17, 15) is 9.18 Å². The fourth-order valence-electron chi connectivity index (χ4n) is 1.50. The van der Waals surface area contributed by atoms with Gasteiger partial charge in [0.15, 0.2) is 0 Å². The number of hydrogen-bond acceptors (Lipinski definition) is 3. The topological polar surface area (TPSA) is 38.3 Å². The van der Waals surface area contributed by atoms with Crippen LogP contribution in [0.3, 0.4) is 0 Å². The number of carbonyl (C=O) groups excluding carboxylic acids is 1. The molecule has 0 heterocycles. The van der Waals surface area contributed by atoms with Crippen molar-refractivity contribution in [3.63, 3.8) is 0 Å². The third-order valence-corrected chi connectivity index (χ3v) is 2.79. The highest BCUT2D eigenvalue weighted by molar-refractivity contribution is 6.30. The lowest BCUT2D eigenvalue weighted by Crippen LogP contribution is -2.36. The number of ether oxygens (including phenoxy) is 1. The van der Waals surface area contributed by atoms with Crippen LogP contribution in [0, 0.1) is 5.82 Å². The predicted octanol–water partition coefficient (Wildman–Crippen LogP) is 2.69. The van der Waals surface area contributed by atoms with Gasteiger partial charge in [-0.1, -0.05) is 17.7 Å². The first kappa shape index (κ1) is 13.9. The Balaban J connectivity index is 2.72. The van der Waals surface area contributed by atoms with Gasteiger partial charge < -0.3 is 4.74 Å². The van der Waals surface area contributed by atoms with Crippen LogP contribution in [-0.2, 0) is 9.53 Å². The van der Waals surface area contributed by atoms with Gasteiger partial charge in [0.25, 0.3) is 0 Å². The second-order valence-corrected chi connectivity index (χ2v) is 4.21. The summed E-state index contributed by atoms with van der Waals surface area (Å²) in [5, 5.41) is 3.11. The summed E-state index contributed by atoms with van der Waals surface area (Å²) in [4.78, 5) is 11.2. The molecule has 0 aliphatic heterocycles. The van der Waals surface area contributed by atoms with Crippen molar-refractivity contribution in [3.05, 3.63) is 34.6 Å². The minimum atomic E-state index is -0.455. The molecule has 94 valence electrons. The molecule has 0 saturated carbocycles. The molecule has 0 aromatic heterocycles. The van der Waals surface area contributed by atoms with Crippen LogP contribution >= 0.6 is 11.6 Å². The van der Waals surface area contributed by atoms with Gasteiger partial charge in [0.2, 0.25) is 0 Å². The molecule has 2 atom stereocenters. The van der Waals surface area contributed by atoms with Crippen LogP contribution < -0.4 is 5.32 Å². The molecule has 3 nitrogen and oxygen atoms in total. The van der Waals surface area contributed by atoms with Crippen molar-refractivity contribution in [2.45, 2.75) is 25.9 Å². The normalized spacial score (nSPS) is 14.2. The summed E-state index contributed by atoms with van der Waals surface area (Å²) < 4.78 is 17.6. The zero-order chi connectivity index (χ0) is 13.0. The van der Waals surface area contributed by atoms with Gasteiger partial charge in [-0.05, 0) is 31.5 Å². The molecule has 17 heavy (non-hydrogen) atoms. The number of halogens is 2. The molecule has 1 rings (SSSR count). The van der Waals surface area contributed by atoms with Gasteiger partial charge >= 0.3 is 5.97 Å². The van der Waals surface area contributed by atoms with Gasteiger partial charge in [-0.3, -0.25) is 10.1 Å². The second kappa shape index (κ2) is 5.98. The molecule has 0 spiro atoms. The summed E-state index contributed by atoms with van der Waals surface area (Å²) in [5.41, 5.74) is 0.812. The largest absolute Gasteiger partial charge is 0.468 e. The number of hydrogen-bond donors (Lipinski definition) is 1. The lowest BCUT2D eigenvalue weighted by molar-refractivity contribution is -0.142. The summed E-state index contributed by atoms with van der Waals surface area (Å²) in [7, 11) is 1.33. The van der Waals surface area contributed by atoms with Crippen LogP contribution in [0.2, 0.25) is 5.02 Å². The Morgan fingerprint density at radius 1 is 1.47 bits per heavy atom. The number of esters is 1. The molecule has 0 aliphatic rings. The second-order valence-electron chi connectivity index (χ2n) is 3.81. The zero-order valence-electron chi connectivity index (χ0n) is 9.96.